The second-order valence-electron chi connectivity index (χ2n) is 7.96. The molecule has 3 aromatic rings. The number of benzene rings is 1. The largest absolute Gasteiger partial charge is 0.349 e. The smallest absolute Gasteiger partial charge is 0.220 e. The van der Waals surface area contributed by atoms with Gasteiger partial charge in [-0.05, 0) is 63.6 Å². The summed E-state index contributed by atoms with van der Waals surface area (Å²) in [7, 11) is 0. The molecule has 6 heteroatoms. The number of aromatic nitrogens is 3. The minimum absolute atomic E-state index is 0.0550. The van der Waals surface area contributed by atoms with Crippen molar-refractivity contribution in [2.75, 3.05) is 6.54 Å². The topological polar surface area (TPSA) is 85.3 Å². The molecule has 0 saturated heterocycles. The van der Waals surface area contributed by atoms with Crippen LogP contribution >= 0.6 is 0 Å². The molecule has 0 spiro atoms. The van der Waals surface area contributed by atoms with Crippen LogP contribution in [0.1, 0.15) is 43.1 Å². The molecule has 2 aromatic heterocycles. The van der Waals surface area contributed by atoms with E-state index in [9.17, 15) is 4.79 Å². The lowest BCUT2D eigenvalue weighted by Gasteiger charge is -2.29. The molecular formula is C21H27N5O. The van der Waals surface area contributed by atoms with E-state index in [-0.39, 0.29) is 11.4 Å². The quantitative estimate of drug-likeness (QED) is 0.703. The maximum atomic E-state index is 12.5. The monoisotopic (exact) mass is 365 g/mol. The van der Waals surface area contributed by atoms with Crippen molar-refractivity contribution in [3.63, 3.8) is 0 Å². The number of fused-ring (bicyclic) bond motifs is 3. The molecule has 4 rings (SSSR count). The van der Waals surface area contributed by atoms with Gasteiger partial charge in [-0.3, -0.25) is 4.79 Å². The minimum atomic E-state index is -0.275. The van der Waals surface area contributed by atoms with Gasteiger partial charge >= 0.3 is 0 Å². The Bertz CT molecular complexity index is 1020. The number of nitrogens with zero attached hydrogens (tertiary/aromatic N) is 3. The van der Waals surface area contributed by atoms with Gasteiger partial charge in [0, 0.05) is 29.7 Å². The van der Waals surface area contributed by atoms with Crippen molar-refractivity contribution in [2.24, 2.45) is 11.7 Å². The zero-order chi connectivity index (χ0) is 19.2. The van der Waals surface area contributed by atoms with E-state index in [0.717, 1.165) is 46.3 Å². The number of hydrogen-bond donors (Lipinski definition) is 2. The van der Waals surface area contributed by atoms with Crippen LogP contribution in [0.2, 0.25) is 0 Å². The number of aryl methyl sites for hydroxylation is 2. The summed E-state index contributed by atoms with van der Waals surface area (Å²) in [6.07, 6.45) is 3.38. The third-order valence-corrected chi connectivity index (χ3v) is 5.95. The van der Waals surface area contributed by atoms with Gasteiger partial charge < -0.3 is 11.1 Å². The summed E-state index contributed by atoms with van der Waals surface area (Å²) in [5, 5.41) is 8.90. The minimum Gasteiger partial charge on any atom is -0.349 e. The highest BCUT2D eigenvalue weighted by Gasteiger charge is 2.41. The second-order valence-corrected chi connectivity index (χ2v) is 7.96. The lowest BCUT2D eigenvalue weighted by atomic mass is 9.95. The van der Waals surface area contributed by atoms with Crippen LogP contribution in [0.3, 0.4) is 0 Å². The van der Waals surface area contributed by atoms with Gasteiger partial charge in [0.15, 0.2) is 5.65 Å². The Kier molecular flexibility index (Phi) is 4.38. The van der Waals surface area contributed by atoms with Gasteiger partial charge in [-0.2, -0.15) is 5.10 Å². The fourth-order valence-electron chi connectivity index (χ4n) is 4.00. The molecule has 1 aliphatic rings. The summed E-state index contributed by atoms with van der Waals surface area (Å²) in [6.45, 7) is 6.60. The Balaban J connectivity index is 1.57. The first-order valence-corrected chi connectivity index (χ1v) is 9.67. The van der Waals surface area contributed by atoms with E-state index in [2.05, 4.69) is 24.3 Å². The fraction of sp³-hybridized carbons (Fsp3) is 0.476. The van der Waals surface area contributed by atoms with Gasteiger partial charge in [0.05, 0.1) is 11.1 Å². The Hall–Kier alpha value is -2.47. The van der Waals surface area contributed by atoms with Crippen molar-refractivity contribution >= 4 is 22.5 Å². The van der Waals surface area contributed by atoms with E-state index in [1.54, 1.807) is 0 Å². The highest BCUT2D eigenvalue weighted by atomic mass is 16.1. The highest BCUT2D eigenvalue weighted by Crippen LogP contribution is 2.39. The lowest BCUT2D eigenvalue weighted by molar-refractivity contribution is -0.123. The van der Waals surface area contributed by atoms with Gasteiger partial charge in [-0.25, -0.2) is 9.50 Å². The number of hydrogen-bond acceptors (Lipinski definition) is 4. The molecule has 1 atom stereocenters. The number of amides is 1. The van der Waals surface area contributed by atoms with E-state index >= 15 is 0 Å². The summed E-state index contributed by atoms with van der Waals surface area (Å²) in [4.78, 5) is 17.3. The molecule has 3 N–H and O–H groups in total. The van der Waals surface area contributed by atoms with Gasteiger partial charge in [0.2, 0.25) is 5.91 Å². The first-order valence-electron chi connectivity index (χ1n) is 9.67. The van der Waals surface area contributed by atoms with Crippen molar-refractivity contribution in [1.29, 1.82) is 0 Å². The molecule has 1 unspecified atom stereocenters. The first-order chi connectivity index (χ1) is 12.9. The van der Waals surface area contributed by atoms with Crippen LogP contribution in [-0.4, -0.2) is 32.6 Å². The van der Waals surface area contributed by atoms with Crippen LogP contribution in [0, 0.1) is 19.8 Å². The van der Waals surface area contributed by atoms with E-state index < -0.39 is 0 Å². The molecule has 6 nitrogen and oxygen atoms in total. The average molecular weight is 365 g/mol. The fourth-order valence-corrected chi connectivity index (χ4v) is 4.00. The van der Waals surface area contributed by atoms with Gasteiger partial charge in [-0.15, -0.1) is 0 Å². The Labute approximate surface area is 159 Å². The van der Waals surface area contributed by atoms with Crippen LogP contribution in [0.4, 0.5) is 0 Å². The zero-order valence-corrected chi connectivity index (χ0v) is 16.2. The zero-order valence-electron chi connectivity index (χ0n) is 16.2. The Morgan fingerprint density at radius 3 is 2.78 bits per heavy atom. The van der Waals surface area contributed by atoms with Gasteiger partial charge in [0.25, 0.3) is 0 Å². The molecule has 0 bridgehead atoms. The SMILES string of the molecule is Cc1nc2c3ccccc3nn2c(C)c1CCC(=O)NC(C)(CN)C1CC1. The molecule has 1 fully saturated rings. The first kappa shape index (κ1) is 17.9. The molecule has 1 amide bonds. The van der Waals surface area contributed by atoms with Crippen LogP contribution in [-0.2, 0) is 11.2 Å². The molecule has 1 aromatic carbocycles. The number of nitrogens with two attached hydrogens (primary N) is 1. The van der Waals surface area contributed by atoms with Crippen LogP contribution in [0.25, 0.3) is 16.6 Å². The average Bonchev–Trinajstić information content (AvgIpc) is 3.44. The molecule has 1 saturated carbocycles. The summed E-state index contributed by atoms with van der Waals surface area (Å²) in [5.74, 6) is 0.573. The second kappa shape index (κ2) is 6.60. The summed E-state index contributed by atoms with van der Waals surface area (Å²) < 4.78 is 1.90. The molecule has 27 heavy (non-hydrogen) atoms. The normalized spacial score (nSPS) is 16.6. The van der Waals surface area contributed by atoms with Crippen molar-refractivity contribution < 1.29 is 4.79 Å². The van der Waals surface area contributed by atoms with E-state index in [4.69, 9.17) is 10.7 Å². The number of carbonyl (C=O) groups excluding carboxylic acids is 1. The summed E-state index contributed by atoms with van der Waals surface area (Å²) in [6, 6.07) is 8.03. The molecule has 0 radical (unpaired) electrons. The van der Waals surface area contributed by atoms with Crippen molar-refractivity contribution in [3.8, 4) is 0 Å². The molecule has 2 heterocycles. The number of carbonyl (C=O) groups is 1. The van der Waals surface area contributed by atoms with Gasteiger partial charge in [-0.1, -0.05) is 12.1 Å². The molecule has 0 aliphatic heterocycles. The third-order valence-electron chi connectivity index (χ3n) is 5.95. The predicted octanol–water partition coefficient (Wildman–Crippen LogP) is 2.68. The van der Waals surface area contributed by atoms with Crippen molar-refractivity contribution in [1.82, 2.24) is 19.9 Å². The van der Waals surface area contributed by atoms with Crippen molar-refractivity contribution in [3.05, 3.63) is 41.2 Å². The molecule has 142 valence electrons. The highest BCUT2D eigenvalue weighted by molar-refractivity contribution is 5.92. The summed E-state index contributed by atoms with van der Waals surface area (Å²) >= 11 is 0. The van der Waals surface area contributed by atoms with Crippen LogP contribution < -0.4 is 11.1 Å². The van der Waals surface area contributed by atoms with Crippen LogP contribution in [0.15, 0.2) is 24.3 Å². The van der Waals surface area contributed by atoms with E-state index in [1.165, 1.54) is 0 Å². The lowest BCUT2D eigenvalue weighted by Crippen LogP contribution is -2.53. The molecular weight excluding hydrogens is 338 g/mol. The van der Waals surface area contributed by atoms with E-state index in [0.29, 0.717) is 25.3 Å². The van der Waals surface area contributed by atoms with Gasteiger partial charge in [0.1, 0.15) is 0 Å². The maximum absolute atomic E-state index is 12.5. The predicted molar refractivity (Wildman–Crippen MR) is 107 cm³/mol. The maximum Gasteiger partial charge on any atom is 0.220 e. The standard InChI is InChI=1S/C21H27N5O/c1-13-16(10-11-19(27)24-21(3,12-22)15-8-9-15)14(2)26-20(23-13)17-6-4-5-7-18(17)25-26/h4-7,15H,8-12,22H2,1-3H3,(H,24,27). The Morgan fingerprint density at radius 2 is 2.07 bits per heavy atom. The number of rotatable bonds is 6. The number of nitrogens with one attached hydrogen (secondary N) is 1. The van der Waals surface area contributed by atoms with Crippen molar-refractivity contribution in [2.45, 2.75) is 52.0 Å². The van der Waals surface area contributed by atoms with E-state index in [1.807, 2.05) is 35.7 Å². The third kappa shape index (κ3) is 3.18. The summed E-state index contributed by atoms with van der Waals surface area (Å²) in [5.41, 5.74) is 10.5. The van der Waals surface area contributed by atoms with Crippen LogP contribution in [0.5, 0.6) is 0 Å². The molecule has 1 aliphatic carbocycles. The Morgan fingerprint density at radius 1 is 1.33 bits per heavy atom.